The van der Waals surface area contributed by atoms with Gasteiger partial charge >= 0.3 is 0 Å². The number of aliphatic hydroxyl groups excluding tert-OH is 1. The van der Waals surface area contributed by atoms with Crippen molar-refractivity contribution in [3.63, 3.8) is 0 Å². The standard InChI is InChI=1S/C14H32O2Si/c1-7-8-9-10-13(11-15)12-16-17(5,6)14(2,3)4/h13,15H,7-12H2,1-6H3. The number of hydrogen-bond acceptors (Lipinski definition) is 2. The van der Waals surface area contributed by atoms with Crippen LogP contribution in [0, 0.1) is 5.92 Å². The van der Waals surface area contributed by atoms with Gasteiger partial charge in [0.2, 0.25) is 0 Å². The van der Waals surface area contributed by atoms with E-state index in [0.29, 0.717) is 5.92 Å². The van der Waals surface area contributed by atoms with Gasteiger partial charge in [0.25, 0.3) is 0 Å². The third kappa shape index (κ3) is 6.58. The van der Waals surface area contributed by atoms with Gasteiger partial charge in [0.1, 0.15) is 0 Å². The van der Waals surface area contributed by atoms with Crippen LogP contribution in [-0.2, 0) is 4.43 Å². The molecule has 1 unspecified atom stereocenters. The third-order valence-electron chi connectivity index (χ3n) is 3.96. The molecule has 0 aliphatic heterocycles. The Morgan fingerprint density at radius 2 is 1.76 bits per heavy atom. The Kier molecular flexibility index (Phi) is 7.61. The minimum Gasteiger partial charge on any atom is -0.416 e. The van der Waals surface area contributed by atoms with Crippen LogP contribution in [0.4, 0.5) is 0 Å². The first-order chi connectivity index (χ1) is 7.74. The lowest BCUT2D eigenvalue weighted by molar-refractivity contribution is 0.145. The molecule has 2 nitrogen and oxygen atoms in total. The molecule has 0 aliphatic carbocycles. The SMILES string of the molecule is CCCCCC(CO)CO[Si](C)(C)C(C)(C)C. The fourth-order valence-corrected chi connectivity index (χ4v) is 2.54. The van der Waals surface area contributed by atoms with Crippen molar-refractivity contribution in [1.29, 1.82) is 0 Å². The highest BCUT2D eigenvalue weighted by atomic mass is 28.4. The summed E-state index contributed by atoms with van der Waals surface area (Å²) in [5.41, 5.74) is 0. The largest absolute Gasteiger partial charge is 0.416 e. The van der Waals surface area contributed by atoms with Crippen LogP contribution in [0.5, 0.6) is 0 Å². The molecule has 0 fully saturated rings. The van der Waals surface area contributed by atoms with Gasteiger partial charge in [-0.25, -0.2) is 0 Å². The minimum atomic E-state index is -1.64. The normalized spacial score (nSPS) is 15.0. The molecule has 104 valence electrons. The second-order valence-corrected chi connectivity index (χ2v) is 11.4. The second-order valence-electron chi connectivity index (χ2n) is 6.62. The minimum absolute atomic E-state index is 0.260. The average Bonchev–Trinajstić information content (AvgIpc) is 2.21. The van der Waals surface area contributed by atoms with Crippen LogP contribution in [0.15, 0.2) is 0 Å². The molecule has 0 heterocycles. The van der Waals surface area contributed by atoms with Crippen LogP contribution in [0.25, 0.3) is 0 Å². The van der Waals surface area contributed by atoms with Gasteiger partial charge in [-0.15, -0.1) is 0 Å². The maximum absolute atomic E-state index is 9.36. The maximum Gasteiger partial charge on any atom is 0.191 e. The molecule has 0 aromatic carbocycles. The molecule has 0 aromatic rings. The van der Waals surface area contributed by atoms with Gasteiger partial charge in [0.05, 0.1) is 0 Å². The van der Waals surface area contributed by atoms with E-state index in [1.807, 2.05) is 0 Å². The van der Waals surface area contributed by atoms with E-state index in [2.05, 4.69) is 40.8 Å². The maximum atomic E-state index is 9.36. The van der Waals surface area contributed by atoms with E-state index in [0.717, 1.165) is 13.0 Å². The molecule has 0 saturated carbocycles. The van der Waals surface area contributed by atoms with Gasteiger partial charge in [-0.1, -0.05) is 47.0 Å². The molecule has 0 bridgehead atoms. The van der Waals surface area contributed by atoms with Crippen molar-refractivity contribution >= 4 is 8.32 Å². The predicted molar refractivity (Wildman–Crippen MR) is 77.9 cm³/mol. The topological polar surface area (TPSA) is 29.5 Å². The van der Waals surface area contributed by atoms with E-state index >= 15 is 0 Å². The lowest BCUT2D eigenvalue weighted by Crippen LogP contribution is -2.42. The van der Waals surface area contributed by atoms with Crippen molar-refractivity contribution in [2.45, 2.75) is 71.5 Å². The Labute approximate surface area is 109 Å². The summed E-state index contributed by atoms with van der Waals surface area (Å²) < 4.78 is 6.16. The van der Waals surface area contributed by atoms with Crippen molar-refractivity contribution in [2.24, 2.45) is 5.92 Å². The Hall–Kier alpha value is 0.137. The van der Waals surface area contributed by atoms with Gasteiger partial charge in [0.15, 0.2) is 8.32 Å². The van der Waals surface area contributed by atoms with Crippen molar-refractivity contribution < 1.29 is 9.53 Å². The monoisotopic (exact) mass is 260 g/mol. The van der Waals surface area contributed by atoms with Gasteiger partial charge in [-0.2, -0.15) is 0 Å². The van der Waals surface area contributed by atoms with Crippen LogP contribution in [0.3, 0.4) is 0 Å². The Bertz CT molecular complexity index is 197. The Morgan fingerprint density at radius 1 is 1.18 bits per heavy atom. The van der Waals surface area contributed by atoms with E-state index in [9.17, 15) is 5.11 Å². The molecular weight excluding hydrogens is 228 g/mol. The molecule has 0 rings (SSSR count). The molecule has 0 radical (unpaired) electrons. The first-order valence-corrected chi connectivity index (χ1v) is 9.90. The molecule has 0 saturated heterocycles. The van der Waals surface area contributed by atoms with Crippen molar-refractivity contribution in [3.8, 4) is 0 Å². The van der Waals surface area contributed by atoms with E-state index in [4.69, 9.17) is 4.43 Å². The number of rotatable bonds is 8. The molecule has 17 heavy (non-hydrogen) atoms. The summed E-state index contributed by atoms with van der Waals surface area (Å²) in [4.78, 5) is 0. The summed E-state index contributed by atoms with van der Waals surface area (Å²) in [5.74, 6) is 0.329. The molecule has 0 spiro atoms. The first-order valence-electron chi connectivity index (χ1n) is 6.99. The van der Waals surface area contributed by atoms with Gasteiger partial charge in [0, 0.05) is 19.1 Å². The van der Waals surface area contributed by atoms with Gasteiger partial charge in [-0.3, -0.25) is 0 Å². The Balaban J connectivity index is 4.05. The van der Waals surface area contributed by atoms with Crippen LogP contribution in [0.1, 0.15) is 53.4 Å². The lowest BCUT2D eigenvalue weighted by Gasteiger charge is -2.37. The summed E-state index contributed by atoms with van der Waals surface area (Å²) in [6.07, 6.45) is 4.80. The van der Waals surface area contributed by atoms with Crippen LogP contribution in [-0.4, -0.2) is 26.6 Å². The second kappa shape index (κ2) is 7.55. The highest BCUT2D eigenvalue weighted by Crippen LogP contribution is 2.36. The fraction of sp³-hybridized carbons (Fsp3) is 1.00. The molecule has 0 aliphatic rings. The fourth-order valence-electron chi connectivity index (χ4n) is 1.45. The highest BCUT2D eigenvalue weighted by molar-refractivity contribution is 6.74. The zero-order chi connectivity index (χ0) is 13.5. The van der Waals surface area contributed by atoms with Crippen LogP contribution in [0.2, 0.25) is 18.1 Å². The zero-order valence-electron chi connectivity index (χ0n) is 12.7. The van der Waals surface area contributed by atoms with Crippen LogP contribution < -0.4 is 0 Å². The van der Waals surface area contributed by atoms with E-state index in [-0.39, 0.29) is 11.6 Å². The Morgan fingerprint density at radius 3 is 2.18 bits per heavy atom. The number of unbranched alkanes of at least 4 members (excludes halogenated alkanes) is 2. The number of hydrogen-bond donors (Lipinski definition) is 1. The molecule has 1 atom stereocenters. The number of aliphatic hydroxyl groups is 1. The molecule has 0 amide bonds. The summed E-state index contributed by atoms with van der Waals surface area (Å²) in [7, 11) is -1.64. The van der Waals surface area contributed by atoms with Gasteiger partial charge < -0.3 is 9.53 Å². The third-order valence-corrected chi connectivity index (χ3v) is 8.46. The summed E-state index contributed by atoms with van der Waals surface area (Å²) in [6, 6.07) is 0. The van der Waals surface area contributed by atoms with E-state index in [1.54, 1.807) is 0 Å². The first kappa shape index (κ1) is 17.1. The summed E-state index contributed by atoms with van der Waals surface area (Å²) in [5, 5.41) is 9.62. The summed E-state index contributed by atoms with van der Waals surface area (Å²) >= 11 is 0. The van der Waals surface area contributed by atoms with Crippen molar-refractivity contribution in [1.82, 2.24) is 0 Å². The van der Waals surface area contributed by atoms with Crippen molar-refractivity contribution in [3.05, 3.63) is 0 Å². The van der Waals surface area contributed by atoms with Gasteiger partial charge in [-0.05, 0) is 24.6 Å². The average molecular weight is 260 g/mol. The smallest absolute Gasteiger partial charge is 0.191 e. The zero-order valence-corrected chi connectivity index (χ0v) is 13.7. The lowest BCUT2D eigenvalue weighted by atomic mass is 10.0. The molecule has 1 N–H and O–H groups in total. The van der Waals surface area contributed by atoms with E-state index < -0.39 is 8.32 Å². The highest BCUT2D eigenvalue weighted by Gasteiger charge is 2.37. The molecular formula is C14H32O2Si. The molecule has 0 aromatic heterocycles. The van der Waals surface area contributed by atoms with Crippen LogP contribution >= 0.6 is 0 Å². The molecule has 3 heteroatoms. The quantitative estimate of drug-likeness (QED) is 0.523. The van der Waals surface area contributed by atoms with Crippen molar-refractivity contribution in [2.75, 3.05) is 13.2 Å². The summed E-state index contributed by atoms with van der Waals surface area (Å²) in [6.45, 7) is 14.5. The predicted octanol–water partition coefficient (Wildman–Crippen LogP) is 4.20. The van der Waals surface area contributed by atoms with E-state index in [1.165, 1.54) is 19.3 Å².